The Bertz CT molecular complexity index is 772. The Morgan fingerprint density at radius 1 is 1.00 bits per heavy atom. The number of benzene rings is 2. The summed E-state index contributed by atoms with van der Waals surface area (Å²) in [4.78, 5) is 13.3. The maximum atomic E-state index is 13.2. The summed E-state index contributed by atoms with van der Waals surface area (Å²) in [5.41, 5.74) is 2.80. The van der Waals surface area contributed by atoms with Crippen LogP contribution in [-0.4, -0.2) is 26.0 Å². The van der Waals surface area contributed by atoms with Crippen molar-refractivity contribution in [2.24, 2.45) is 0 Å². The molecule has 0 atom stereocenters. The third-order valence-corrected chi connectivity index (χ3v) is 4.32. The molecule has 2 rings (SSSR count). The van der Waals surface area contributed by atoms with Crippen LogP contribution < -0.4 is 9.80 Å². The van der Waals surface area contributed by atoms with Crippen LogP contribution in [0, 0.1) is 0 Å². The van der Waals surface area contributed by atoms with Crippen molar-refractivity contribution >= 4 is 17.5 Å². The Hall–Kier alpha value is -2.70. The first-order chi connectivity index (χ1) is 13.1. The van der Waals surface area contributed by atoms with E-state index in [9.17, 15) is 18.0 Å². The zero-order valence-corrected chi connectivity index (χ0v) is 16.5. The van der Waals surface area contributed by atoms with E-state index in [1.54, 1.807) is 12.1 Å². The summed E-state index contributed by atoms with van der Waals surface area (Å²) in [7, 11) is 1.86. The summed E-state index contributed by atoms with van der Waals surface area (Å²) in [5.74, 6) is 0.454. The number of hydrogen-bond acceptors (Lipinski definition) is 3. The fourth-order valence-corrected chi connectivity index (χ4v) is 2.77. The molecular weight excluding hydrogens is 369 g/mol. The maximum Gasteiger partial charge on any atom is 0.494 e. The Balaban J connectivity index is 2.14. The molecule has 0 aliphatic carbocycles. The number of ether oxygens (including phenoxy) is 1. The molecule has 152 valence electrons. The fraction of sp³-hybridized carbons (Fsp3) is 0.381. The van der Waals surface area contributed by atoms with Crippen molar-refractivity contribution in [1.29, 1.82) is 0 Å². The molecule has 0 aliphatic heterocycles. The van der Waals surface area contributed by atoms with Gasteiger partial charge in [0.2, 0.25) is 0 Å². The van der Waals surface area contributed by atoms with Crippen LogP contribution in [0.5, 0.6) is 0 Å². The molecule has 0 saturated carbocycles. The van der Waals surface area contributed by atoms with Crippen LogP contribution >= 0.6 is 0 Å². The van der Waals surface area contributed by atoms with Gasteiger partial charge in [-0.2, -0.15) is 4.90 Å². The van der Waals surface area contributed by atoms with Crippen molar-refractivity contribution in [3.05, 3.63) is 59.7 Å². The van der Waals surface area contributed by atoms with Crippen LogP contribution in [0.1, 0.15) is 37.8 Å². The topological polar surface area (TPSA) is 32.8 Å². The SMILES string of the molecule is CCOC(=O)N(c1ccc(N(C)Cc2ccc(C(C)C)cc2)cc1)C(F)(F)F. The first-order valence-corrected chi connectivity index (χ1v) is 9.07. The molecule has 0 aromatic heterocycles. The van der Waals surface area contributed by atoms with E-state index in [0.717, 1.165) is 11.3 Å². The highest BCUT2D eigenvalue weighted by Crippen LogP contribution is 2.31. The zero-order chi connectivity index (χ0) is 20.9. The minimum atomic E-state index is -4.86. The smallest absolute Gasteiger partial charge is 0.449 e. The molecule has 1 amide bonds. The third-order valence-electron chi connectivity index (χ3n) is 4.32. The zero-order valence-electron chi connectivity index (χ0n) is 16.5. The fourth-order valence-electron chi connectivity index (χ4n) is 2.77. The lowest BCUT2D eigenvalue weighted by atomic mass is 10.0. The average molecular weight is 394 g/mol. The highest BCUT2D eigenvalue weighted by molar-refractivity contribution is 5.88. The maximum absolute atomic E-state index is 13.2. The molecule has 0 unspecified atom stereocenters. The van der Waals surface area contributed by atoms with Crippen LogP contribution in [0.2, 0.25) is 0 Å². The van der Waals surface area contributed by atoms with Crippen molar-refractivity contribution in [3.8, 4) is 0 Å². The molecule has 2 aromatic rings. The Labute approximate surface area is 163 Å². The van der Waals surface area contributed by atoms with Gasteiger partial charge >= 0.3 is 12.4 Å². The predicted octanol–water partition coefficient (Wildman–Crippen LogP) is 5.93. The van der Waals surface area contributed by atoms with E-state index in [1.165, 1.54) is 24.6 Å². The second-order valence-corrected chi connectivity index (χ2v) is 6.77. The lowest BCUT2D eigenvalue weighted by Crippen LogP contribution is -2.43. The Morgan fingerprint density at radius 3 is 2.00 bits per heavy atom. The van der Waals surface area contributed by atoms with Gasteiger partial charge in [0.15, 0.2) is 0 Å². The highest BCUT2D eigenvalue weighted by atomic mass is 19.4. The molecule has 0 heterocycles. The van der Waals surface area contributed by atoms with E-state index in [1.807, 2.05) is 24.1 Å². The number of amides is 1. The van der Waals surface area contributed by atoms with Crippen molar-refractivity contribution < 1.29 is 22.7 Å². The number of carbonyl (C=O) groups is 1. The van der Waals surface area contributed by atoms with Crippen LogP contribution in [0.3, 0.4) is 0 Å². The molecule has 4 nitrogen and oxygen atoms in total. The summed E-state index contributed by atoms with van der Waals surface area (Å²) in [6.07, 6.45) is -6.31. The number of nitrogens with zero attached hydrogens (tertiary/aromatic N) is 2. The quantitative estimate of drug-likeness (QED) is 0.570. The van der Waals surface area contributed by atoms with Gasteiger partial charge < -0.3 is 9.64 Å². The summed E-state index contributed by atoms with van der Waals surface area (Å²) in [5, 5.41) is 0. The van der Waals surface area contributed by atoms with Gasteiger partial charge in [-0.05, 0) is 48.2 Å². The molecule has 0 N–H and O–H groups in total. The van der Waals surface area contributed by atoms with Gasteiger partial charge in [-0.25, -0.2) is 4.79 Å². The second kappa shape index (κ2) is 8.99. The van der Waals surface area contributed by atoms with Gasteiger partial charge in [0.1, 0.15) is 0 Å². The lowest BCUT2D eigenvalue weighted by Gasteiger charge is -2.25. The van der Waals surface area contributed by atoms with Gasteiger partial charge in [0.05, 0.1) is 12.3 Å². The van der Waals surface area contributed by atoms with Crippen molar-refractivity contribution in [3.63, 3.8) is 0 Å². The van der Waals surface area contributed by atoms with E-state index in [4.69, 9.17) is 0 Å². The first kappa shape index (κ1) is 21.6. The monoisotopic (exact) mass is 394 g/mol. The minimum absolute atomic E-state index is 0.137. The largest absolute Gasteiger partial charge is 0.494 e. The van der Waals surface area contributed by atoms with Gasteiger partial charge in [0, 0.05) is 19.3 Å². The number of hydrogen-bond donors (Lipinski definition) is 0. The Kier molecular flexibility index (Phi) is 6.94. The van der Waals surface area contributed by atoms with E-state index in [0.29, 0.717) is 12.5 Å². The molecule has 28 heavy (non-hydrogen) atoms. The molecular formula is C21H25F3N2O2. The minimum Gasteiger partial charge on any atom is -0.449 e. The van der Waals surface area contributed by atoms with Crippen LogP contribution in [-0.2, 0) is 11.3 Å². The second-order valence-electron chi connectivity index (χ2n) is 6.77. The van der Waals surface area contributed by atoms with Crippen molar-refractivity contribution in [1.82, 2.24) is 0 Å². The molecule has 0 spiro atoms. The number of rotatable bonds is 6. The van der Waals surface area contributed by atoms with Gasteiger partial charge in [-0.3, -0.25) is 0 Å². The standard InChI is InChI=1S/C21H25F3N2O2/c1-5-28-20(27)26(21(22,23)24)19-12-10-18(11-13-19)25(4)14-16-6-8-17(9-7-16)15(2)3/h6-13,15H,5,14H2,1-4H3. The normalized spacial score (nSPS) is 11.4. The average Bonchev–Trinajstić information content (AvgIpc) is 2.62. The molecule has 7 heteroatoms. The van der Waals surface area contributed by atoms with Gasteiger partial charge in [-0.15, -0.1) is 13.2 Å². The third kappa shape index (κ3) is 5.41. The molecule has 2 aromatic carbocycles. The molecule has 0 radical (unpaired) electrons. The molecule has 0 saturated heterocycles. The molecule has 0 aliphatic rings. The summed E-state index contributed by atoms with van der Waals surface area (Å²) in [6.45, 7) is 6.19. The first-order valence-electron chi connectivity index (χ1n) is 9.07. The van der Waals surface area contributed by atoms with Gasteiger partial charge in [0.25, 0.3) is 0 Å². The summed E-state index contributed by atoms with van der Waals surface area (Å²) >= 11 is 0. The molecule has 0 bridgehead atoms. The van der Waals surface area contributed by atoms with Crippen LogP contribution in [0.4, 0.5) is 29.3 Å². The van der Waals surface area contributed by atoms with E-state index < -0.39 is 12.4 Å². The highest BCUT2D eigenvalue weighted by Gasteiger charge is 2.43. The van der Waals surface area contributed by atoms with Crippen molar-refractivity contribution in [2.75, 3.05) is 23.5 Å². The lowest BCUT2D eigenvalue weighted by molar-refractivity contribution is -0.124. The number of alkyl halides is 3. The van der Waals surface area contributed by atoms with Crippen LogP contribution in [0.25, 0.3) is 0 Å². The van der Waals surface area contributed by atoms with Crippen molar-refractivity contribution in [2.45, 2.75) is 39.5 Å². The number of carbonyl (C=O) groups excluding carboxylic acids is 1. The van der Waals surface area contributed by atoms with E-state index in [2.05, 4.69) is 30.7 Å². The summed E-state index contributed by atoms with van der Waals surface area (Å²) in [6, 6.07) is 13.9. The summed E-state index contributed by atoms with van der Waals surface area (Å²) < 4.78 is 44.2. The van der Waals surface area contributed by atoms with Crippen LogP contribution in [0.15, 0.2) is 48.5 Å². The number of halogens is 3. The molecule has 0 fully saturated rings. The van der Waals surface area contributed by atoms with E-state index in [-0.39, 0.29) is 17.2 Å². The number of anilines is 2. The van der Waals surface area contributed by atoms with E-state index >= 15 is 0 Å². The van der Waals surface area contributed by atoms with Gasteiger partial charge in [-0.1, -0.05) is 38.1 Å². The predicted molar refractivity (Wildman–Crippen MR) is 105 cm³/mol. The Morgan fingerprint density at radius 2 is 1.54 bits per heavy atom.